The first-order valence-corrected chi connectivity index (χ1v) is 11.5. The zero-order valence-corrected chi connectivity index (χ0v) is 18.3. The Labute approximate surface area is 185 Å². The number of benzene rings is 2. The molecule has 0 N–H and O–H groups in total. The van der Waals surface area contributed by atoms with E-state index >= 15 is 0 Å². The Morgan fingerprint density at radius 2 is 1.68 bits per heavy atom. The summed E-state index contributed by atoms with van der Waals surface area (Å²) in [5.41, 5.74) is 1.79. The molecule has 4 rings (SSSR count). The maximum absolute atomic E-state index is 13.3. The Balaban J connectivity index is 1.35. The molecule has 31 heavy (non-hydrogen) atoms. The van der Waals surface area contributed by atoms with Crippen LogP contribution < -0.4 is 4.74 Å². The number of amides is 2. The van der Waals surface area contributed by atoms with E-state index in [1.54, 1.807) is 0 Å². The Morgan fingerprint density at radius 1 is 0.968 bits per heavy atom. The molecule has 0 unspecified atom stereocenters. The topological polar surface area (TPSA) is 49.9 Å². The van der Waals surface area contributed by atoms with Crippen molar-refractivity contribution in [3.8, 4) is 5.75 Å². The lowest BCUT2D eigenvalue weighted by Crippen LogP contribution is -2.41. The zero-order chi connectivity index (χ0) is 21.6. The molecule has 2 heterocycles. The Hall–Kier alpha value is -2.82. The molecule has 2 aliphatic rings. The number of carbonyl (C=O) groups is 2. The molecule has 0 spiro atoms. The normalized spacial score (nSPS) is 19.5. The van der Waals surface area contributed by atoms with Crippen LogP contribution in [-0.2, 0) is 4.79 Å². The summed E-state index contributed by atoms with van der Waals surface area (Å²) in [6, 6.07) is 17.6. The second-order valence-corrected chi connectivity index (χ2v) is 8.53. The summed E-state index contributed by atoms with van der Waals surface area (Å²) < 4.78 is 6.03. The summed E-state index contributed by atoms with van der Waals surface area (Å²) in [4.78, 5) is 29.7. The van der Waals surface area contributed by atoms with Crippen molar-refractivity contribution < 1.29 is 14.3 Å². The molecule has 2 aromatic carbocycles. The molecule has 164 valence electrons. The number of hydrogen-bond donors (Lipinski definition) is 0. The molecule has 2 amide bonds. The first-order chi connectivity index (χ1) is 15.2. The number of hydrogen-bond acceptors (Lipinski definition) is 3. The van der Waals surface area contributed by atoms with Crippen LogP contribution in [0.15, 0.2) is 54.6 Å². The third-order valence-electron chi connectivity index (χ3n) is 6.51. The van der Waals surface area contributed by atoms with Crippen LogP contribution in [-0.4, -0.2) is 53.9 Å². The summed E-state index contributed by atoms with van der Waals surface area (Å²) in [6.45, 7) is 5.05. The van der Waals surface area contributed by atoms with E-state index in [9.17, 15) is 9.59 Å². The van der Waals surface area contributed by atoms with Gasteiger partial charge in [0.05, 0.1) is 12.0 Å². The van der Waals surface area contributed by atoms with E-state index in [2.05, 4.69) is 6.92 Å². The summed E-state index contributed by atoms with van der Waals surface area (Å²) in [5, 5.41) is 0. The molecule has 2 aromatic rings. The summed E-state index contributed by atoms with van der Waals surface area (Å²) in [6.07, 6.45) is 4.94. The second kappa shape index (κ2) is 9.99. The number of ether oxygens (including phenoxy) is 1. The zero-order valence-electron chi connectivity index (χ0n) is 18.3. The van der Waals surface area contributed by atoms with Gasteiger partial charge in [0, 0.05) is 25.2 Å². The molecule has 2 aliphatic heterocycles. The largest absolute Gasteiger partial charge is 0.491 e. The summed E-state index contributed by atoms with van der Waals surface area (Å²) in [7, 11) is 0. The lowest BCUT2D eigenvalue weighted by Gasteiger charge is -2.29. The molecule has 0 aromatic heterocycles. The number of likely N-dealkylation sites (tertiary alicyclic amines) is 2. The molecule has 0 saturated carbocycles. The molecule has 0 radical (unpaired) electrons. The van der Waals surface area contributed by atoms with Gasteiger partial charge < -0.3 is 14.5 Å². The molecular weight excluding hydrogens is 388 g/mol. The van der Waals surface area contributed by atoms with Crippen LogP contribution in [0.25, 0.3) is 0 Å². The SMILES string of the molecule is CC[C@H](C(=O)N1CCC[C@@H]1COc1ccc(C(=O)N2CCCC2)cc1)c1ccccc1. The highest BCUT2D eigenvalue weighted by atomic mass is 16.5. The maximum atomic E-state index is 13.3. The van der Waals surface area contributed by atoms with Crippen molar-refractivity contribution in [2.45, 2.75) is 51.0 Å². The monoisotopic (exact) mass is 420 g/mol. The van der Waals surface area contributed by atoms with Gasteiger partial charge in [0.25, 0.3) is 5.91 Å². The predicted molar refractivity (Wildman–Crippen MR) is 121 cm³/mol. The van der Waals surface area contributed by atoms with Crippen molar-refractivity contribution in [3.05, 3.63) is 65.7 Å². The van der Waals surface area contributed by atoms with Gasteiger partial charge in [-0.2, -0.15) is 0 Å². The van der Waals surface area contributed by atoms with Gasteiger partial charge in [-0.3, -0.25) is 9.59 Å². The van der Waals surface area contributed by atoms with Crippen LogP contribution in [0.4, 0.5) is 0 Å². The van der Waals surface area contributed by atoms with Gasteiger partial charge in [-0.1, -0.05) is 37.3 Å². The molecular formula is C26H32N2O3. The van der Waals surface area contributed by atoms with Gasteiger partial charge in [0.15, 0.2) is 0 Å². The van der Waals surface area contributed by atoms with Crippen molar-refractivity contribution in [3.63, 3.8) is 0 Å². The molecule has 2 fully saturated rings. The lowest BCUT2D eigenvalue weighted by atomic mass is 9.95. The van der Waals surface area contributed by atoms with E-state index in [-0.39, 0.29) is 23.8 Å². The fraction of sp³-hybridized carbons (Fsp3) is 0.462. The van der Waals surface area contributed by atoms with Crippen LogP contribution in [0, 0.1) is 0 Å². The molecule has 0 bridgehead atoms. The fourth-order valence-electron chi connectivity index (χ4n) is 4.73. The van der Waals surface area contributed by atoms with Gasteiger partial charge in [-0.15, -0.1) is 0 Å². The highest BCUT2D eigenvalue weighted by Crippen LogP contribution is 2.28. The number of rotatable bonds is 7. The van der Waals surface area contributed by atoms with Crippen LogP contribution >= 0.6 is 0 Å². The average molecular weight is 421 g/mol. The van der Waals surface area contributed by atoms with Crippen LogP contribution in [0.5, 0.6) is 5.75 Å². The minimum Gasteiger partial charge on any atom is -0.491 e. The third kappa shape index (κ3) is 4.92. The van der Waals surface area contributed by atoms with Crippen molar-refractivity contribution in [2.75, 3.05) is 26.2 Å². The number of nitrogens with zero attached hydrogens (tertiary/aromatic N) is 2. The first kappa shape index (κ1) is 21.4. The first-order valence-electron chi connectivity index (χ1n) is 11.5. The summed E-state index contributed by atoms with van der Waals surface area (Å²) in [5.74, 6) is 0.944. The minimum absolute atomic E-state index is 0.0937. The Bertz CT molecular complexity index is 875. The van der Waals surface area contributed by atoms with Crippen LogP contribution in [0.2, 0.25) is 0 Å². The summed E-state index contributed by atoms with van der Waals surface area (Å²) >= 11 is 0. The molecule has 2 atom stereocenters. The fourth-order valence-corrected chi connectivity index (χ4v) is 4.73. The molecule has 0 aliphatic carbocycles. The van der Waals surface area contributed by atoms with Crippen molar-refractivity contribution in [1.82, 2.24) is 9.80 Å². The molecule has 2 saturated heterocycles. The van der Waals surface area contributed by atoms with Gasteiger partial charge in [-0.25, -0.2) is 0 Å². The average Bonchev–Trinajstić information content (AvgIpc) is 3.51. The molecule has 5 nitrogen and oxygen atoms in total. The molecule has 5 heteroatoms. The minimum atomic E-state index is -0.0994. The van der Waals surface area contributed by atoms with E-state index in [0.29, 0.717) is 12.2 Å². The van der Waals surface area contributed by atoms with E-state index in [0.717, 1.165) is 63.1 Å². The van der Waals surface area contributed by atoms with Gasteiger partial charge in [-0.05, 0) is 61.9 Å². The van der Waals surface area contributed by atoms with Gasteiger partial charge >= 0.3 is 0 Å². The van der Waals surface area contributed by atoms with Gasteiger partial charge in [0.2, 0.25) is 5.91 Å². The van der Waals surface area contributed by atoms with E-state index in [1.165, 1.54) is 0 Å². The van der Waals surface area contributed by atoms with Crippen molar-refractivity contribution >= 4 is 11.8 Å². The quantitative estimate of drug-likeness (QED) is 0.663. The van der Waals surface area contributed by atoms with Crippen LogP contribution in [0.1, 0.15) is 60.9 Å². The lowest BCUT2D eigenvalue weighted by molar-refractivity contribution is -0.134. The number of carbonyl (C=O) groups excluding carboxylic acids is 2. The second-order valence-electron chi connectivity index (χ2n) is 8.53. The maximum Gasteiger partial charge on any atom is 0.253 e. The van der Waals surface area contributed by atoms with E-state index in [1.807, 2.05) is 64.4 Å². The van der Waals surface area contributed by atoms with Crippen LogP contribution in [0.3, 0.4) is 0 Å². The highest BCUT2D eigenvalue weighted by Gasteiger charge is 2.33. The van der Waals surface area contributed by atoms with E-state index in [4.69, 9.17) is 4.74 Å². The van der Waals surface area contributed by atoms with Gasteiger partial charge in [0.1, 0.15) is 12.4 Å². The van der Waals surface area contributed by atoms with Crippen molar-refractivity contribution in [1.29, 1.82) is 0 Å². The Morgan fingerprint density at radius 3 is 2.35 bits per heavy atom. The third-order valence-corrected chi connectivity index (χ3v) is 6.51. The Kier molecular flexibility index (Phi) is 6.90. The highest BCUT2D eigenvalue weighted by molar-refractivity contribution is 5.94. The predicted octanol–water partition coefficient (Wildman–Crippen LogP) is 4.49. The standard InChI is InChI=1S/C26H32N2O3/c1-2-24(20-9-4-3-5-10-20)26(30)28-18-8-11-22(28)19-31-23-14-12-21(13-15-23)25(29)27-16-6-7-17-27/h3-5,9-10,12-15,22,24H,2,6-8,11,16-19H2,1H3/t22-,24+/m1/s1. The smallest absolute Gasteiger partial charge is 0.253 e. The van der Waals surface area contributed by atoms with Crippen molar-refractivity contribution in [2.24, 2.45) is 0 Å². The van der Waals surface area contributed by atoms with E-state index < -0.39 is 0 Å².